The Kier molecular flexibility index (Phi) is 4.96. The van der Waals surface area contributed by atoms with Gasteiger partial charge in [0, 0.05) is 13.8 Å². The lowest BCUT2D eigenvalue weighted by atomic mass is 10.1. The number of hydrogen-bond donors (Lipinski definition) is 1. The van der Waals surface area contributed by atoms with E-state index in [4.69, 9.17) is 18.9 Å². The number of benzene rings is 1. The summed E-state index contributed by atoms with van der Waals surface area (Å²) in [5, 5.41) is 3.33. The van der Waals surface area contributed by atoms with Gasteiger partial charge in [-0.2, -0.15) is 0 Å². The zero-order chi connectivity index (χ0) is 15.3. The Balaban J connectivity index is 1.76. The van der Waals surface area contributed by atoms with Crippen LogP contribution < -0.4 is 14.8 Å². The highest BCUT2D eigenvalue weighted by Crippen LogP contribution is 2.27. The predicted octanol–water partition coefficient (Wildman–Crippen LogP) is 2.46. The second-order valence-corrected chi connectivity index (χ2v) is 5.32. The molecule has 1 aliphatic rings. The number of ether oxygens (including phenoxy) is 4. The highest BCUT2D eigenvalue weighted by atomic mass is 16.7. The highest BCUT2D eigenvalue weighted by molar-refractivity contribution is 5.42. The standard InChI is InChI=1S/C16H23NO4/c1-16(2)20-11-13(21-16)10-17-8-7-12-5-6-14(18-3)15(9-12)19-4/h5-6,9,11,17H,7-8,10H2,1-4H3. The van der Waals surface area contributed by atoms with Crippen LogP contribution in [0.4, 0.5) is 0 Å². The molecule has 0 aliphatic carbocycles. The first kappa shape index (κ1) is 15.5. The van der Waals surface area contributed by atoms with Crippen LogP contribution in [0.2, 0.25) is 0 Å². The first-order valence-corrected chi connectivity index (χ1v) is 7.01. The van der Waals surface area contributed by atoms with E-state index < -0.39 is 5.79 Å². The van der Waals surface area contributed by atoms with E-state index >= 15 is 0 Å². The van der Waals surface area contributed by atoms with Crippen molar-refractivity contribution in [2.75, 3.05) is 27.3 Å². The largest absolute Gasteiger partial charge is 0.493 e. The van der Waals surface area contributed by atoms with Crippen molar-refractivity contribution in [2.45, 2.75) is 26.1 Å². The first-order valence-electron chi connectivity index (χ1n) is 7.01. The van der Waals surface area contributed by atoms with Gasteiger partial charge in [-0.15, -0.1) is 0 Å². The molecule has 0 unspecified atom stereocenters. The number of methoxy groups -OCH3 is 2. The quantitative estimate of drug-likeness (QED) is 0.783. The van der Waals surface area contributed by atoms with Crippen molar-refractivity contribution in [2.24, 2.45) is 0 Å². The minimum absolute atomic E-state index is 0.541. The van der Waals surface area contributed by atoms with Crippen LogP contribution in [0.5, 0.6) is 11.5 Å². The number of rotatable bonds is 7. The van der Waals surface area contributed by atoms with Gasteiger partial charge in [0.2, 0.25) is 5.79 Å². The van der Waals surface area contributed by atoms with E-state index in [0.29, 0.717) is 6.54 Å². The van der Waals surface area contributed by atoms with Crippen LogP contribution in [0.15, 0.2) is 30.2 Å². The molecule has 1 aromatic rings. The molecule has 0 atom stereocenters. The van der Waals surface area contributed by atoms with E-state index in [-0.39, 0.29) is 0 Å². The lowest BCUT2D eigenvalue weighted by Gasteiger charge is -2.18. The van der Waals surface area contributed by atoms with Gasteiger partial charge in [-0.05, 0) is 30.7 Å². The molecular weight excluding hydrogens is 270 g/mol. The fourth-order valence-electron chi connectivity index (χ4n) is 2.13. The van der Waals surface area contributed by atoms with Gasteiger partial charge in [0.1, 0.15) is 12.0 Å². The van der Waals surface area contributed by atoms with Crippen molar-refractivity contribution >= 4 is 0 Å². The number of hydrogen-bond acceptors (Lipinski definition) is 5. The summed E-state index contributed by atoms with van der Waals surface area (Å²) in [5.74, 6) is 1.79. The number of nitrogens with one attached hydrogen (secondary N) is 1. The zero-order valence-corrected chi connectivity index (χ0v) is 13.1. The Morgan fingerprint density at radius 1 is 1.14 bits per heavy atom. The SMILES string of the molecule is COc1ccc(CCNCC2=COC(C)(C)O2)cc1OC. The van der Waals surface area contributed by atoms with Gasteiger partial charge >= 0.3 is 0 Å². The summed E-state index contributed by atoms with van der Waals surface area (Å²) >= 11 is 0. The van der Waals surface area contributed by atoms with Gasteiger partial charge in [0.15, 0.2) is 11.5 Å². The van der Waals surface area contributed by atoms with Gasteiger partial charge in [-0.25, -0.2) is 0 Å². The second kappa shape index (κ2) is 6.72. The molecule has 0 saturated carbocycles. The molecule has 0 amide bonds. The van der Waals surface area contributed by atoms with E-state index in [1.54, 1.807) is 20.5 Å². The molecule has 5 nitrogen and oxygen atoms in total. The summed E-state index contributed by atoms with van der Waals surface area (Å²) in [4.78, 5) is 0. The molecule has 116 valence electrons. The lowest BCUT2D eigenvalue weighted by molar-refractivity contribution is -0.116. The maximum atomic E-state index is 5.61. The molecule has 0 bridgehead atoms. The molecule has 21 heavy (non-hydrogen) atoms. The minimum atomic E-state index is -0.541. The maximum Gasteiger partial charge on any atom is 0.244 e. The molecule has 1 aliphatic heterocycles. The van der Waals surface area contributed by atoms with Gasteiger partial charge < -0.3 is 24.3 Å². The van der Waals surface area contributed by atoms with Crippen molar-refractivity contribution in [3.63, 3.8) is 0 Å². The molecule has 1 N–H and O–H groups in total. The Hall–Kier alpha value is -1.88. The van der Waals surface area contributed by atoms with E-state index in [2.05, 4.69) is 5.32 Å². The molecule has 5 heteroatoms. The van der Waals surface area contributed by atoms with E-state index in [0.717, 1.165) is 30.2 Å². The summed E-state index contributed by atoms with van der Waals surface area (Å²) in [6.45, 7) is 5.29. The second-order valence-electron chi connectivity index (χ2n) is 5.32. The van der Waals surface area contributed by atoms with Crippen LogP contribution in [0, 0.1) is 0 Å². The third-order valence-corrected chi connectivity index (χ3v) is 3.19. The third-order valence-electron chi connectivity index (χ3n) is 3.19. The molecule has 0 fully saturated rings. The highest BCUT2D eigenvalue weighted by Gasteiger charge is 2.26. The molecule has 0 radical (unpaired) electrons. The molecule has 0 spiro atoms. The Bertz CT molecular complexity index is 511. The third kappa shape index (κ3) is 4.29. The van der Waals surface area contributed by atoms with Crippen LogP contribution in [-0.4, -0.2) is 33.1 Å². The van der Waals surface area contributed by atoms with Crippen LogP contribution in [0.3, 0.4) is 0 Å². The summed E-state index contributed by atoms with van der Waals surface area (Å²) in [6, 6.07) is 5.96. The topological polar surface area (TPSA) is 49.0 Å². The summed E-state index contributed by atoms with van der Waals surface area (Å²) in [6.07, 6.45) is 2.57. The Labute approximate surface area is 125 Å². The zero-order valence-electron chi connectivity index (χ0n) is 13.1. The van der Waals surface area contributed by atoms with Crippen molar-refractivity contribution in [1.82, 2.24) is 5.32 Å². The Morgan fingerprint density at radius 2 is 1.90 bits per heavy atom. The van der Waals surface area contributed by atoms with Crippen LogP contribution >= 0.6 is 0 Å². The average Bonchev–Trinajstić information content (AvgIpc) is 2.82. The van der Waals surface area contributed by atoms with E-state index in [9.17, 15) is 0 Å². The van der Waals surface area contributed by atoms with Gasteiger partial charge in [0.25, 0.3) is 0 Å². The normalized spacial score (nSPS) is 15.9. The molecule has 1 aromatic carbocycles. The fraction of sp³-hybridized carbons (Fsp3) is 0.500. The van der Waals surface area contributed by atoms with Crippen molar-refractivity contribution < 1.29 is 18.9 Å². The van der Waals surface area contributed by atoms with Crippen molar-refractivity contribution in [3.8, 4) is 11.5 Å². The predicted molar refractivity (Wildman–Crippen MR) is 80.5 cm³/mol. The van der Waals surface area contributed by atoms with Gasteiger partial charge in [-0.3, -0.25) is 0 Å². The molecule has 0 aromatic heterocycles. The smallest absolute Gasteiger partial charge is 0.244 e. The van der Waals surface area contributed by atoms with Crippen LogP contribution in [-0.2, 0) is 15.9 Å². The van der Waals surface area contributed by atoms with Gasteiger partial charge in [0.05, 0.1) is 20.8 Å². The lowest BCUT2D eigenvalue weighted by Crippen LogP contribution is -2.24. The maximum absolute atomic E-state index is 5.61. The molecule has 2 rings (SSSR count). The Morgan fingerprint density at radius 3 is 2.52 bits per heavy atom. The average molecular weight is 293 g/mol. The fourth-order valence-corrected chi connectivity index (χ4v) is 2.13. The van der Waals surface area contributed by atoms with E-state index in [1.807, 2.05) is 32.0 Å². The summed E-state index contributed by atoms with van der Waals surface area (Å²) < 4.78 is 21.5. The monoisotopic (exact) mass is 293 g/mol. The minimum Gasteiger partial charge on any atom is -0.493 e. The van der Waals surface area contributed by atoms with Crippen molar-refractivity contribution in [1.29, 1.82) is 0 Å². The van der Waals surface area contributed by atoms with Gasteiger partial charge in [-0.1, -0.05) is 6.07 Å². The van der Waals surface area contributed by atoms with Crippen LogP contribution in [0.1, 0.15) is 19.4 Å². The van der Waals surface area contributed by atoms with E-state index in [1.165, 1.54) is 5.56 Å². The van der Waals surface area contributed by atoms with Crippen molar-refractivity contribution in [3.05, 3.63) is 35.8 Å². The molecule has 1 heterocycles. The summed E-state index contributed by atoms with van der Waals surface area (Å²) in [5.41, 5.74) is 1.19. The first-order chi connectivity index (χ1) is 10.0. The molecule has 0 saturated heterocycles. The van der Waals surface area contributed by atoms with Crippen LogP contribution in [0.25, 0.3) is 0 Å². The summed E-state index contributed by atoms with van der Waals surface area (Å²) in [7, 11) is 3.28. The molecular formula is C16H23NO4.